The summed E-state index contributed by atoms with van der Waals surface area (Å²) >= 11 is 0. The van der Waals surface area contributed by atoms with E-state index in [1.165, 1.54) is 0 Å². The van der Waals surface area contributed by atoms with Crippen LogP contribution in [0.3, 0.4) is 0 Å². The summed E-state index contributed by atoms with van der Waals surface area (Å²) in [5.74, 6) is 0.546. The van der Waals surface area contributed by atoms with E-state index in [-0.39, 0.29) is 18.7 Å². The highest BCUT2D eigenvalue weighted by Crippen LogP contribution is 2.24. The number of alkyl carbamates (subject to hydrolysis) is 1. The number of nitrogens with one attached hydrogen (secondary N) is 1. The molecule has 0 unspecified atom stereocenters. The second kappa shape index (κ2) is 12.5. The van der Waals surface area contributed by atoms with Gasteiger partial charge in [0.25, 0.3) is 0 Å². The van der Waals surface area contributed by atoms with Crippen molar-refractivity contribution in [3.63, 3.8) is 0 Å². The Morgan fingerprint density at radius 3 is 2.08 bits per heavy atom. The van der Waals surface area contributed by atoms with E-state index in [1.54, 1.807) is 0 Å². The van der Waals surface area contributed by atoms with Crippen molar-refractivity contribution in [3.8, 4) is 0 Å². The molecule has 7 heteroatoms. The first-order valence-corrected chi connectivity index (χ1v) is 9.24. The summed E-state index contributed by atoms with van der Waals surface area (Å²) in [5, 5.41) is 11.5. The molecule has 0 aliphatic heterocycles. The standard InChI is InChI=1S/C18H35NO6/c1-18(2,3)25-17(21)19-16-6-4-15(5-7-16)14-24-13-12-23-11-10-22-9-8-20/h15-16,20H,4-14H2,1-3H3,(H,19,21). The highest BCUT2D eigenvalue weighted by atomic mass is 16.6. The number of carbonyl (C=O) groups is 1. The molecule has 0 heterocycles. The second-order valence-corrected chi connectivity index (χ2v) is 7.39. The molecule has 0 aromatic rings. The van der Waals surface area contributed by atoms with Crippen molar-refractivity contribution in [1.29, 1.82) is 0 Å². The number of hydrogen-bond donors (Lipinski definition) is 2. The van der Waals surface area contributed by atoms with Gasteiger partial charge in [0, 0.05) is 12.6 Å². The molecule has 0 aromatic carbocycles. The van der Waals surface area contributed by atoms with Crippen molar-refractivity contribution in [3.05, 3.63) is 0 Å². The van der Waals surface area contributed by atoms with Gasteiger partial charge in [-0.2, -0.15) is 0 Å². The van der Waals surface area contributed by atoms with Crippen LogP contribution in [0.1, 0.15) is 46.5 Å². The smallest absolute Gasteiger partial charge is 0.407 e. The zero-order chi connectivity index (χ0) is 18.5. The minimum atomic E-state index is -0.456. The molecule has 1 saturated carbocycles. The van der Waals surface area contributed by atoms with Gasteiger partial charge >= 0.3 is 6.09 Å². The van der Waals surface area contributed by atoms with Gasteiger partial charge in [0.1, 0.15) is 5.60 Å². The van der Waals surface area contributed by atoms with Crippen molar-refractivity contribution >= 4 is 6.09 Å². The zero-order valence-electron chi connectivity index (χ0n) is 15.9. The lowest BCUT2D eigenvalue weighted by Crippen LogP contribution is -2.41. The van der Waals surface area contributed by atoms with Crippen molar-refractivity contribution in [1.82, 2.24) is 5.32 Å². The molecule has 1 aliphatic rings. The maximum Gasteiger partial charge on any atom is 0.407 e. The molecular weight excluding hydrogens is 326 g/mol. The first-order chi connectivity index (χ1) is 11.9. The lowest BCUT2D eigenvalue weighted by Gasteiger charge is -2.30. The van der Waals surface area contributed by atoms with E-state index < -0.39 is 5.60 Å². The Hall–Kier alpha value is -0.890. The molecule has 0 aromatic heterocycles. The quantitative estimate of drug-likeness (QED) is 0.548. The first-order valence-electron chi connectivity index (χ1n) is 9.24. The van der Waals surface area contributed by atoms with E-state index in [1.807, 2.05) is 20.8 Å². The predicted molar refractivity (Wildman–Crippen MR) is 94.7 cm³/mol. The Kier molecular flexibility index (Phi) is 11.0. The fourth-order valence-electron chi connectivity index (χ4n) is 2.70. The average Bonchev–Trinajstić information content (AvgIpc) is 2.53. The summed E-state index contributed by atoms with van der Waals surface area (Å²) in [6, 6.07) is 0.202. The van der Waals surface area contributed by atoms with E-state index in [4.69, 9.17) is 24.1 Å². The molecule has 1 amide bonds. The van der Waals surface area contributed by atoms with E-state index >= 15 is 0 Å². The highest BCUT2D eigenvalue weighted by Gasteiger charge is 2.24. The number of amides is 1. The maximum absolute atomic E-state index is 11.8. The van der Waals surface area contributed by atoms with Crippen LogP contribution >= 0.6 is 0 Å². The Balaban J connectivity index is 1.97. The molecule has 0 spiro atoms. The molecule has 1 fully saturated rings. The average molecular weight is 361 g/mol. The van der Waals surface area contributed by atoms with Crippen LogP contribution in [-0.2, 0) is 18.9 Å². The van der Waals surface area contributed by atoms with Gasteiger partial charge in [-0.3, -0.25) is 0 Å². The molecule has 0 radical (unpaired) electrons. The molecule has 25 heavy (non-hydrogen) atoms. The van der Waals surface area contributed by atoms with E-state index in [2.05, 4.69) is 5.32 Å². The predicted octanol–water partition coefficient (Wildman–Crippen LogP) is 2.11. The van der Waals surface area contributed by atoms with E-state index in [9.17, 15) is 4.79 Å². The Morgan fingerprint density at radius 2 is 1.52 bits per heavy atom. The molecule has 2 N–H and O–H groups in total. The van der Waals surface area contributed by atoms with Crippen molar-refractivity contribution in [2.45, 2.75) is 58.1 Å². The fraction of sp³-hybridized carbons (Fsp3) is 0.944. The van der Waals surface area contributed by atoms with Crippen LogP contribution in [0.25, 0.3) is 0 Å². The van der Waals surface area contributed by atoms with Crippen LogP contribution in [0.2, 0.25) is 0 Å². The van der Waals surface area contributed by atoms with Gasteiger partial charge in [0.15, 0.2) is 0 Å². The van der Waals surface area contributed by atoms with Crippen LogP contribution in [0, 0.1) is 5.92 Å². The summed E-state index contributed by atoms with van der Waals surface area (Å²) < 4.78 is 21.4. The SMILES string of the molecule is CC(C)(C)OC(=O)NC1CCC(COCCOCCOCCO)CC1. The summed E-state index contributed by atoms with van der Waals surface area (Å²) in [4.78, 5) is 11.8. The fourth-order valence-corrected chi connectivity index (χ4v) is 2.70. The molecule has 1 aliphatic carbocycles. The Labute approximate surface area is 151 Å². The Morgan fingerprint density at radius 1 is 0.960 bits per heavy atom. The summed E-state index contributed by atoms with van der Waals surface area (Å²) in [6.07, 6.45) is 3.71. The third-order valence-corrected chi connectivity index (χ3v) is 3.90. The molecular formula is C18H35NO6. The van der Waals surface area contributed by atoms with Crippen molar-refractivity contribution in [2.24, 2.45) is 5.92 Å². The third kappa shape index (κ3) is 12.2. The third-order valence-electron chi connectivity index (χ3n) is 3.90. The number of rotatable bonds is 11. The van der Waals surface area contributed by atoms with Gasteiger partial charge in [-0.05, 0) is 52.4 Å². The van der Waals surface area contributed by atoms with Crippen molar-refractivity contribution < 1.29 is 28.8 Å². The minimum absolute atomic E-state index is 0.0403. The first kappa shape index (κ1) is 22.2. The van der Waals surface area contributed by atoms with Crippen LogP contribution < -0.4 is 5.32 Å². The highest BCUT2D eigenvalue weighted by molar-refractivity contribution is 5.68. The van der Waals surface area contributed by atoms with Crippen molar-refractivity contribution in [2.75, 3.05) is 46.2 Å². The summed E-state index contributed by atoms with van der Waals surface area (Å²) in [6.45, 7) is 8.88. The topological polar surface area (TPSA) is 86.3 Å². The van der Waals surface area contributed by atoms with Gasteiger partial charge < -0.3 is 29.4 Å². The van der Waals surface area contributed by atoms with E-state index in [0.717, 1.165) is 32.3 Å². The lowest BCUT2D eigenvalue weighted by molar-refractivity contribution is -0.00136. The van der Waals surface area contributed by atoms with Crippen LogP contribution in [0.15, 0.2) is 0 Å². The molecule has 0 saturated heterocycles. The zero-order valence-corrected chi connectivity index (χ0v) is 15.9. The second-order valence-electron chi connectivity index (χ2n) is 7.39. The number of aliphatic hydroxyl groups excluding tert-OH is 1. The van der Waals surface area contributed by atoms with Gasteiger partial charge in [0.2, 0.25) is 0 Å². The van der Waals surface area contributed by atoms with Crippen LogP contribution in [0.4, 0.5) is 4.79 Å². The van der Waals surface area contributed by atoms with Gasteiger partial charge in [-0.15, -0.1) is 0 Å². The number of hydrogen-bond acceptors (Lipinski definition) is 6. The number of carbonyl (C=O) groups excluding carboxylic acids is 1. The molecule has 7 nitrogen and oxygen atoms in total. The maximum atomic E-state index is 11.8. The largest absolute Gasteiger partial charge is 0.444 e. The van der Waals surface area contributed by atoms with Gasteiger partial charge in [0.05, 0.1) is 39.6 Å². The van der Waals surface area contributed by atoms with Crippen LogP contribution in [0.5, 0.6) is 0 Å². The monoisotopic (exact) mass is 361 g/mol. The minimum Gasteiger partial charge on any atom is -0.444 e. The molecule has 1 rings (SSSR count). The summed E-state index contributed by atoms with van der Waals surface area (Å²) in [5.41, 5.74) is -0.456. The number of aliphatic hydroxyl groups is 1. The molecule has 148 valence electrons. The lowest BCUT2D eigenvalue weighted by atomic mass is 9.86. The molecule has 0 bridgehead atoms. The van der Waals surface area contributed by atoms with E-state index in [0.29, 0.717) is 39.0 Å². The summed E-state index contributed by atoms with van der Waals surface area (Å²) in [7, 11) is 0. The van der Waals surface area contributed by atoms with Gasteiger partial charge in [-0.1, -0.05) is 0 Å². The normalized spacial score (nSPS) is 21.1. The Bertz CT molecular complexity index is 350. The number of ether oxygens (including phenoxy) is 4. The van der Waals surface area contributed by atoms with Gasteiger partial charge in [-0.25, -0.2) is 4.79 Å². The van der Waals surface area contributed by atoms with Crippen LogP contribution in [-0.4, -0.2) is 69.1 Å². The molecule has 0 atom stereocenters.